The number of alkyl halides is 1. The molecule has 2 heterocycles. The molecule has 1 aliphatic rings. The fraction of sp³-hybridized carbons (Fsp3) is 0.500. The van der Waals surface area contributed by atoms with Crippen molar-refractivity contribution in [2.45, 2.75) is 19.0 Å². The molecule has 1 saturated heterocycles. The van der Waals surface area contributed by atoms with Gasteiger partial charge in [-0.15, -0.1) is 0 Å². The third kappa shape index (κ3) is 1.95. The average molecular weight is 195 g/mol. The first-order chi connectivity index (χ1) is 6.75. The number of piperidine rings is 1. The molecule has 0 aromatic carbocycles. The molecule has 0 bridgehead atoms. The molecule has 3 nitrogen and oxygen atoms in total. The Balaban J connectivity index is 2.05. The number of anilines is 2. The zero-order valence-electron chi connectivity index (χ0n) is 7.99. The van der Waals surface area contributed by atoms with E-state index in [1.54, 1.807) is 6.20 Å². The van der Waals surface area contributed by atoms with Crippen molar-refractivity contribution in [2.24, 2.45) is 0 Å². The second-order valence-electron chi connectivity index (χ2n) is 3.61. The van der Waals surface area contributed by atoms with Crippen LogP contribution in [0.4, 0.5) is 15.9 Å². The van der Waals surface area contributed by atoms with Gasteiger partial charge in [0.1, 0.15) is 12.0 Å². The van der Waals surface area contributed by atoms with Crippen LogP contribution in [0.25, 0.3) is 0 Å². The third-order valence-corrected chi connectivity index (χ3v) is 2.52. The van der Waals surface area contributed by atoms with Gasteiger partial charge >= 0.3 is 0 Å². The minimum atomic E-state index is -0.639. The summed E-state index contributed by atoms with van der Waals surface area (Å²) in [5.74, 6) is 0.895. The predicted octanol–water partition coefficient (Wildman–Crippen LogP) is 1.60. The van der Waals surface area contributed by atoms with E-state index in [9.17, 15) is 4.39 Å². The fourth-order valence-electron chi connectivity index (χ4n) is 1.66. The minimum absolute atomic E-state index is 0.603. The van der Waals surface area contributed by atoms with Gasteiger partial charge in [0.2, 0.25) is 0 Å². The lowest BCUT2D eigenvalue weighted by Crippen LogP contribution is -2.34. The monoisotopic (exact) mass is 195 g/mol. The molecule has 0 saturated carbocycles. The van der Waals surface area contributed by atoms with Gasteiger partial charge < -0.3 is 10.6 Å². The summed E-state index contributed by atoms with van der Waals surface area (Å²) in [7, 11) is 0. The van der Waals surface area contributed by atoms with Gasteiger partial charge in [-0.2, -0.15) is 0 Å². The van der Waals surface area contributed by atoms with Crippen LogP contribution in [0.5, 0.6) is 0 Å². The van der Waals surface area contributed by atoms with E-state index >= 15 is 0 Å². The smallest absolute Gasteiger partial charge is 0.128 e. The van der Waals surface area contributed by atoms with Crippen molar-refractivity contribution in [2.75, 3.05) is 23.7 Å². The topological polar surface area (TPSA) is 42.1 Å². The lowest BCUT2D eigenvalue weighted by Gasteiger charge is -2.29. The summed E-state index contributed by atoms with van der Waals surface area (Å²) in [6.45, 7) is 1.50. The van der Waals surface area contributed by atoms with Crippen LogP contribution < -0.4 is 10.6 Å². The Hall–Kier alpha value is -1.32. The van der Waals surface area contributed by atoms with Crippen molar-refractivity contribution in [3.05, 3.63) is 18.3 Å². The number of hydrogen-bond donors (Lipinski definition) is 1. The maximum absolute atomic E-state index is 12.9. The van der Waals surface area contributed by atoms with Gasteiger partial charge in [-0.05, 0) is 25.0 Å². The number of pyridine rings is 1. The number of rotatable bonds is 1. The fourth-order valence-corrected chi connectivity index (χ4v) is 1.66. The second kappa shape index (κ2) is 3.82. The molecule has 1 aromatic heterocycles. The Kier molecular flexibility index (Phi) is 2.52. The van der Waals surface area contributed by atoms with Crippen molar-refractivity contribution in [3.63, 3.8) is 0 Å². The molecule has 0 unspecified atom stereocenters. The summed E-state index contributed by atoms with van der Waals surface area (Å²) in [4.78, 5) is 6.30. The van der Waals surface area contributed by atoms with Gasteiger partial charge in [-0.3, -0.25) is 0 Å². The molecule has 1 aromatic rings. The van der Waals surface area contributed by atoms with E-state index in [-0.39, 0.29) is 0 Å². The molecular weight excluding hydrogens is 181 g/mol. The van der Waals surface area contributed by atoms with E-state index in [0.717, 1.165) is 18.9 Å². The molecule has 76 valence electrons. The SMILES string of the molecule is Nc1ccc(N2CCC(F)CC2)nc1. The van der Waals surface area contributed by atoms with Gasteiger partial charge in [0, 0.05) is 13.1 Å². The Labute approximate surface area is 82.7 Å². The summed E-state index contributed by atoms with van der Waals surface area (Å²) in [5.41, 5.74) is 6.20. The molecule has 14 heavy (non-hydrogen) atoms. The number of aromatic nitrogens is 1. The van der Waals surface area contributed by atoms with Gasteiger partial charge in [0.25, 0.3) is 0 Å². The zero-order valence-corrected chi connectivity index (χ0v) is 7.99. The molecule has 1 aliphatic heterocycles. The first kappa shape index (κ1) is 9.24. The summed E-state index contributed by atoms with van der Waals surface area (Å²) >= 11 is 0. The summed E-state index contributed by atoms with van der Waals surface area (Å²) in [6, 6.07) is 3.71. The number of halogens is 1. The van der Waals surface area contributed by atoms with Crippen molar-refractivity contribution in [3.8, 4) is 0 Å². The average Bonchev–Trinajstić information content (AvgIpc) is 2.21. The lowest BCUT2D eigenvalue weighted by atomic mass is 10.1. The Morgan fingerprint density at radius 1 is 1.36 bits per heavy atom. The normalized spacial score (nSPS) is 18.5. The lowest BCUT2D eigenvalue weighted by molar-refractivity contribution is 0.277. The molecule has 4 heteroatoms. The molecule has 1 fully saturated rings. The maximum Gasteiger partial charge on any atom is 0.128 e. The van der Waals surface area contributed by atoms with Crippen LogP contribution in [0.3, 0.4) is 0 Å². The highest BCUT2D eigenvalue weighted by Crippen LogP contribution is 2.19. The van der Waals surface area contributed by atoms with Crippen molar-refractivity contribution in [1.82, 2.24) is 4.98 Å². The molecular formula is C10H14FN3. The molecule has 0 atom stereocenters. The number of nitrogens with zero attached hydrogens (tertiary/aromatic N) is 2. The van der Waals surface area contributed by atoms with Crippen LogP contribution in [-0.4, -0.2) is 24.2 Å². The quantitative estimate of drug-likeness (QED) is 0.740. The standard InChI is InChI=1S/C10H14FN3/c11-8-3-5-14(6-4-8)10-2-1-9(12)7-13-10/h1-2,7-8H,3-6,12H2. The molecule has 0 aliphatic carbocycles. The highest BCUT2D eigenvalue weighted by atomic mass is 19.1. The predicted molar refractivity (Wildman–Crippen MR) is 55.0 cm³/mol. The van der Waals surface area contributed by atoms with Gasteiger partial charge in [0.05, 0.1) is 11.9 Å². The Bertz CT molecular complexity index is 291. The molecule has 0 amide bonds. The molecule has 2 N–H and O–H groups in total. The zero-order chi connectivity index (χ0) is 9.97. The summed E-state index contributed by atoms with van der Waals surface area (Å²) in [5, 5.41) is 0. The van der Waals surface area contributed by atoms with E-state index in [1.165, 1.54) is 0 Å². The minimum Gasteiger partial charge on any atom is -0.397 e. The second-order valence-corrected chi connectivity index (χ2v) is 3.61. The molecule has 0 radical (unpaired) electrons. The number of nitrogens with two attached hydrogens (primary N) is 1. The number of nitrogen functional groups attached to an aromatic ring is 1. The largest absolute Gasteiger partial charge is 0.397 e. The van der Waals surface area contributed by atoms with Crippen LogP contribution in [0.15, 0.2) is 18.3 Å². The van der Waals surface area contributed by atoms with E-state index in [2.05, 4.69) is 9.88 Å². The van der Waals surface area contributed by atoms with Crippen LogP contribution in [0.2, 0.25) is 0 Å². The van der Waals surface area contributed by atoms with Crippen LogP contribution in [-0.2, 0) is 0 Å². The summed E-state index contributed by atoms with van der Waals surface area (Å²) < 4.78 is 12.9. The summed E-state index contributed by atoms with van der Waals surface area (Å²) in [6.07, 6.45) is 2.20. The first-order valence-corrected chi connectivity index (χ1v) is 4.86. The van der Waals surface area contributed by atoms with E-state index in [0.29, 0.717) is 18.5 Å². The Morgan fingerprint density at radius 2 is 2.07 bits per heavy atom. The van der Waals surface area contributed by atoms with E-state index < -0.39 is 6.17 Å². The van der Waals surface area contributed by atoms with Crippen molar-refractivity contribution < 1.29 is 4.39 Å². The number of hydrogen-bond acceptors (Lipinski definition) is 3. The van der Waals surface area contributed by atoms with Crippen molar-refractivity contribution in [1.29, 1.82) is 0 Å². The van der Waals surface area contributed by atoms with Crippen LogP contribution >= 0.6 is 0 Å². The highest BCUT2D eigenvalue weighted by molar-refractivity contribution is 5.45. The first-order valence-electron chi connectivity index (χ1n) is 4.86. The van der Waals surface area contributed by atoms with Gasteiger partial charge in [-0.1, -0.05) is 0 Å². The molecule has 0 spiro atoms. The Morgan fingerprint density at radius 3 is 2.64 bits per heavy atom. The maximum atomic E-state index is 12.9. The van der Waals surface area contributed by atoms with Gasteiger partial charge in [0.15, 0.2) is 0 Å². The van der Waals surface area contributed by atoms with E-state index in [1.807, 2.05) is 12.1 Å². The molecule has 2 rings (SSSR count). The highest BCUT2D eigenvalue weighted by Gasteiger charge is 2.18. The van der Waals surface area contributed by atoms with E-state index in [4.69, 9.17) is 5.73 Å². The van der Waals surface area contributed by atoms with Crippen molar-refractivity contribution >= 4 is 11.5 Å². The van der Waals surface area contributed by atoms with Gasteiger partial charge in [-0.25, -0.2) is 9.37 Å². The van der Waals surface area contributed by atoms with Crippen LogP contribution in [0, 0.1) is 0 Å². The van der Waals surface area contributed by atoms with Crippen LogP contribution in [0.1, 0.15) is 12.8 Å². The third-order valence-electron chi connectivity index (χ3n) is 2.52.